The van der Waals surface area contributed by atoms with Crippen LogP contribution < -0.4 is 10.1 Å². The van der Waals surface area contributed by atoms with Crippen molar-refractivity contribution in [1.29, 1.82) is 0 Å². The smallest absolute Gasteiger partial charge is 0.347 e. The van der Waals surface area contributed by atoms with Crippen LogP contribution in [0, 0.1) is 6.92 Å². The molecule has 0 aromatic heterocycles. The molecule has 1 N–H and O–H groups in total. The minimum absolute atomic E-state index is 0.160. The molecule has 3 aromatic rings. The Morgan fingerprint density at radius 2 is 1.36 bits per heavy atom. The van der Waals surface area contributed by atoms with E-state index in [0.717, 1.165) is 16.9 Å². The molecule has 0 spiro atoms. The fourth-order valence-corrected chi connectivity index (χ4v) is 3.07. The average molecular weight is 446 g/mol. The van der Waals surface area contributed by atoms with Crippen molar-refractivity contribution in [1.82, 2.24) is 0 Å². The molecule has 3 rings (SSSR count). The van der Waals surface area contributed by atoms with Crippen LogP contribution in [0.1, 0.15) is 19.4 Å². The standard InChI is InChI=1S/C27H27NO5/c1-4-31-26(29)25(27(30)32-5-2)18-28-22-11-15-24(16-12-22)33-23-13-9-20(10-14-23)21-8-6-7-19(3)17-21/h6-18,28H,4-5H2,1-3H3. The van der Waals surface area contributed by atoms with Crippen molar-refractivity contribution in [3.63, 3.8) is 0 Å². The van der Waals surface area contributed by atoms with E-state index in [-0.39, 0.29) is 18.8 Å². The van der Waals surface area contributed by atoms with Crippen molar-refractivity contribution in [3.05, 3.63) is 90.1 Å². The molecule has 33 heavy (non-hydrogen) atoms. The topological polar surface area (TPSA) is 73.9 Å². The zero-order valence-corrected chi connectivity index (χ0v) is 19.0. The lowest BCUT2D eigenvalue weighted by Crippen LogP contribution is -2.19. The second kappa shape index (κ2) is 11.5. The van der Waals surface area contributed by atoms with Crippen LogP contribution in [-0.2, 0) is 19.1 Å². The molecule has 0 saturated carbocycles. The van der Waals surface area contributed by atoms with Gasteiger partial charge in [0.2, 0.25) is 0 Å². The van der Waals surface area contributed by atoms with Gasteiger partial charge in [-0.25, -0.2) is 9.59 Å². The third kappa shape index (κ3) is 6.71. The maximum atomic E-state index is 12.0. The summed E-state index contributed by atoms with van der Waals surface area (Å²) in [7, 11) is 0. The lowest BCUT2D eigenvalue weighted by atomic mass is 10.0. The van der Waals surface area contributed by atoms with Crippen molar-refractivity contribution in [2.75, 3.05) is 18.5 Å². The highest BCUT2D eigenvalue weighted by Crippen LogP contribution is 2.27. The van der Waals surface area contributed by atoms with Gasteiger partial charge in [0.1, 0.15) is 11.5 Å². The molecule has 3 aromatic carbocycles. The lowest BCUT2D eigenvalue weighted by molar-refractivity contribution is -0.146. The van der Waals surface area contributed by atoms with Crippen molar-refractivity contribution in [2.45, 2.75) is 20.8 Å². The highest BCUT2D eigenvalue weighted by atomic mass is 16.6. The second-order valence-corrected chi connectivity index (χ2v) is 7.16. The van der Waals surface area contributed by atoms with Gasteiger partial charge in [0.15, 0.2) is 5.57 Å². The summed E-state index contributed by atoms with van der Waals surface area (Å²) in [6.45, 7) is 5.73. The molecule has 0 atom stereocenters. The molecular weight excluding hydrogens is 418 g/mol. The average Bonchev–Trinajstić information content (AvgIpc) is 2.81. The van der Waals surface area contributed by atoms with Crippen LogP contribution in [0.25, 0.3) is 11.1 Å². The predicted molar refractivity (Wildman–Crippen MR) is 128 cm³/mol. The number of aryl methyl sites for hydroxylation is 1. The predicted octanol–water partition coefficient (Wildman–Crippen LogP) is 5.88. The van der Waals surface area contributed by atoms with Gasteiger partial charge in [-0.2, -0.15) is 0 Å². The van der Waals surface area contributed by atoms with Gasteiger partial charge in [0, 0.05) is 11.9 Å². The number of anilines is 1. The molecule has 0 unspecified atom stereocenters. The fourth-order valence-electron chi connectivity index (χ4n) is 3.07. The number of rotatable bonds is 9. The van der Waals surface area contributed by atoms with Crippen LogP contribution in [0.2, 0.25) is 0 Å². The molecule has 0 saturated heterocycles. The van der Waals surface area contributed by atoms with Gasteiger partial charge in [-0.15, -0.1) is 0 Å². The van der Waals surface area contributed by atoms with Gasteiger partial charge in [0.25, 0.3) is 0 Å². The Morgan fingerprint density at radius 3 is 1.91 bits per heavy atom. The van der Waals surface area contributed by atoms with Gasteiger partial charge in [-0.1, -0.05) is 42.0 Å². The molecule has 0 aliphatic rings. The minimum Gasteiger partial charge on any atom is -0.462 e. The zero-order chi connectivity index (χ0) is 23.6. The quantitative estimate of drug-likeness (QED) is 0.192. The summed E-state index contributed by atoms with van der Waals surface area (Å²) in [6, 6.07) is 23.4. The highest BCUT2D eigenvalue weighted by Gasteiger charge is 2.20. The monoisotopic (exact) mass is 445 g/mol. The molecule has 0 aliphatic heterocycles. The van der Waals surface area contributed by atoms with Crippen LogP contribution in [-0.4, -0.2) is 25.2 Å². The van der Waals surface area contributed by atoms with E-state index in [1.54, 1.807) is 38.1 Å². The maximum absolute atomic E-state index is 12.0. The normalized spacial score (nSPS) is 10.2. The molecule has 6 heteroatoms. The summed E-state index contributed by atoms with van der Waals surface area (Å²) < 4.78 is 15.8. The van der Waals surface area contributed by atoms with Crippen molar-refractivity contribution in [2.24, 2.45) is 0 Å². The van der Waals surface area contributed by atoms with Crippen molar-refractivity contribution >= 4 is 17.6 Å². The van der Waals surface area contributed by atoms with Crippen LogP contribution in [0.15, 0.2) is 84.6 Å². The summed E-state index contributed by atoms with van der Waals surface area (Å²) in [5, 5.41) is 2.93. The van der Waals surface area contributed by atoms with E-state index < -0.39 is 11.9 Å². The Balaban J connectivity index is 1.65. The minimum atomic E-state index is -0.738. The van der Waals surface area contributed by atoms with Gasteiger partial charge < -0.3 is 19.5 Å². The first-order valence-electron chi connectivity index (χ1n) is 10.8. The van der Waals surface area contributed by atoms with Gasteiger partial charge >= 0.3 is 11.9 Å². The SMILES string of the molecule is CCOC(=O)C(=CNc1ccc(Oc2ccc(-c3cccc(C)c3)cc2)cc1)C(=O)OCC. The Bertz CT molecular complexity index is 1100. The Morgan fingerprint density at radius 1 is 0.788 bits per heavy atom. The van der Waals surface area contributed by atoms with Gasteiger partial charge in [-0.05, 0) is 68.3 Å². The third-order valence-corrected chi connectivity index (χ3v) is 4.67. The number of benzene rings is 3. The summed E-state index contributed by atoms with van der Waals surface area (Å²) in [4.78, 5) is 24.0. The maximum Gasteiger partial charge on any atom is 0.347 e. The first-order chi connectivity index (χ1) is 16.0. The Kier molecular flexibility index (Phi) is 8.24. The summed E-state index contributed by atoms with van der Waals surface area (Å²) in [5.41, 5.74) is 3.97. The Labute approximate surface area is 193 Å². The molecule has 0 aliphatic carbocycles. The largest absolute Gasteiger partial charge is 0.462 e. The molecule has 0 fully saturated rings. The number of ether oxygens (including phenoxy) is 3. The third-order valence-electron chi connectivity index (χ3n) is 4.67. The summed E-state index contributed by atoms with van der Waals surface area (Å²) >= 11 is 0. The highest BCUT2D eigenvalue weighted by molar-refractivity contribution is 6.14. The molecule has 0 radical (unpaired) electrons. The molecule has 6 nitrogen and oxygen atoms in total. The number of hydrogen-bond donors (Lipinski definition) is 1. The number of carbonyl (C=O) groups excluding carboxylic acids is 2. The van der Waals surface area contributed by atoms with E-state index in [0.29, 0.717) is 11.4 Å². The molecule has 0 bridgehead atoms. The molecule has 0 amide bonds. The van der Waals surface area contributed by atoms with Gasteiger partial charge in [0.05, 0.1) is 13.2 Å². The number of nitrogens with one attached hydrogen (secondary N) is 1. The van der Waals surface area contributed by atoms with Crippen molar-refractivity contribution in [3.8, 4) is 22.6 Å². The van der Waals surface area contributed by atoms with Crippen LogP contribution in [0.3, 0.4) is 0 Å². The van der Waals surface area contributed by atoms with E-state index in [1.807, 2.05) is 30.3 Å². The fraction of sp³-hybridized carbons (Fsp3) is 0.185. The van der Waals surface area contributed by atoms with E-state index in [1.165, 1.54) is 11.8 Å². The Hall–Kier alpha value is -4.06. The molecule has 170 valence electrons. The van der Waals surface area contributed by atoms with Crippen molar-refractivity contribution < 1.29 is 23.8 Å². The van der Waals surface area contributed by atoms with E-state index >= 15 is 0 Å². The van der Waals surface area contributed by atoms with Crippen LogP contribution in [0.5, 0.6) is 11.5 Å². The summed E-state index contributed by atoms with van der Waals surface area (Å²) in [6.07, 6.45) is 1.29. The van der Waals surface area contributed by atoms with Crippen LogP contribution >= 0.6 is 0 Å². The first kappa shape index (κ1) is 23.6. The molecular formula is C27H27NO5. The van der Waals surface area contributed by atoms with E-state index in [9.17, 15) is 9.59 Å². The number of esters is 2. The lowest BCUT2D eigenvalue weighted by Gasteiger charge is -2.09. The van der Waals surface area contributed by atoms with E-state index in [2.05, 4.69) is 30.4 Å². The zero-order valence-electron chi connectivity index (χ0n) is 19.0. The number of carbonyl (C=O) groups is 2. The second-order valence-electron chi connectivity index (χ2n) is 7.16. The molecule has 0 heterocycles. The summed E-state index contributed by atoms with van der Waals surface area (Å²) in [5.74, 6) is -0.0993. The van der Waals surface area contributed by atoms with Gasteiger partial charge in [-0.3, -0.25) is 0 Å². The first-order valence-corrected chi connectivity index (χ1v) is 10.8. The van der Waals surface area contributed by atoms with E-state index in [4.69, 9.17) is 14.2 Å². The number of hydrogen-bond acceptors (Lipinski definition) is 6. The van der Waals surface area contributed by atoms with Crippen LogP contribution in [0.4, 0.5) is 5.69 Å².